The lowest BCUT2D eigenvalue weighted by Crippen LogP contribution is -2.49. The largest absolute Gasteiger partial charge is 0.352 e. The van der Waals surface area contributed by atoms with E-state index in [-0.39, 0.29) is 24.1 Å². The molecule has 2 heterocycles. The van der Waals surface area contributed by atoms with E-state index in [1.165, 1.54) is 6.07 Å². The third-order valence-electron chi connectivity index (χ3n) is 4.62. The van der Waals surface area contributed by atoms with Crippen molar-refractivity contribution >= 4 is 23.3 Å². The van der Waals surface area contributed by atoms with E-state index in [0.29, 0.717) is 42.5 Å². The average Bonchev–Trinajstić information content (AvgIpc) is 2.62. The van der Waals surface area contributed by atoms with Crippen LogP contribution in [0.15, 0.2) is 30.3 Å². The molecular weight excluding hydrogens is 355 g/mol. The maximum atomic E-state index is 14.1. The Bertz CT molecular complexity index is 774. The highest BCUT2D eigenvalue weighted by Gasteiger charge is 2.22. The molecule has 0 N–H and O–H groups in total. The van der Waals surface area contributed by atoms with E-state index in [9.17, 15) is 9.18 Å². The maximum absolute atomic E-state index is 14.1. The number of nitrogens with zero attached hydrogens (tertiary/aromatic N) is 4. The third kappa shape index (κ3) is 4.30. The normalized spacial score (nSPS) is 14.8. The Balaban J connectivity index is 1.57. The molecule has 0 saturated carbocycles. The molecule has 0 aliphatic carbocycles. The van der Waals surface area contributed by atoms with Crippen LogP contribution in [0.25, 0.3) is 0 Å². The minimum absolute atomic E-state index is 0.0172. The quantitative estimate of drug-likeness (QED) is 0.821. The molecule has 1 aromatic carbocycles. The first kappa shape index (κ1) is 18.6. The van der Waals surface area contributed by atoms with E-state index in [4.69, 9.17) is 11.6 Å². The molecule has 1 aliphatic heterocycles. The smallest absolute Gasteiger partial charge is 0.227 e. The summed E-state index contributed by atoms with van der Waals surface area (Å²) in [5, 5.41) is 8.28. The number of rotatable bonds is 4. The van der Waals surface area contributed by atoms with E-state index < -0.39 is 0 Å². The first-order valence-electron chi connectivity index (χ1n) is 8.74. The zero-order valence-corrected chi connectivity index (χ0v) is 15.7. The van der Waals surface area contributed by atoms with Gasteiger partial charge in [-0.15, -0.1) is 10.2 Å². The number of benzene rings is 1. The van der Waals surface area contributed by atoms with E-state index in [2.05, 4.69) is 15.1 Å². The predicted molar refractivity (Wildman–Crippen MR) is 100 cm³/mol. The predicted octanol–water partition coefficient (Wildman–Crippen LogP) is 3.28. The van der Waals surface area contributed by atoms with Gasteiger partial charge in [0.05, 0.1) is 6.42 Å². The second-order valence-electron chi connectivity index (χ2n) is 6.77. The highest BCUT2D eigenvalue weighted by Crippen LogP contribution is 2.20. The fourth-order valence-corrected chi connectivity index (χ4v) is 3.20. The Morgan fingerprint density at radius 2 is 1.88 bits per heavy atom. The second kappa shape index (κ2) is 7.99. The van der Waals surface area contributed by atoms with Crippen LogP contribution in [-0.2, 0) is 11.2 Å². The lowest BCUT2D eigenvalue weighted by atomic mass is 10.00. The Morgan fingerprint density at radius 3 is 2.46 bits per heavy atom. The average molecular weight is 377 g/mol. The number of amides is 1. The molecule has 7 heteroatoms. The van der Waals surface area contributed by atoms with Gasteiger partial charge in [0.2, 0.25) is 5.91 Å². The van der Waals surface area contributed by atoms with E-state index in [1.54, 1.807) is 12.1 Å². The van der Waals surface area contributed by atoms with Crippen LogP contribution in [0.3, 0.4) is 0 Å². The van der Waals surface area contributed by atoms with Gasteiger partial charge in [0.25, 0.3) is 0 Å². The molecule has 138 valence electrons. The van der Waals surface area contributed by atoms with Crippen molar-refractivity contribution in [2.24, 2.45) is 0 Å². The number of anilines is 1. The van der Waals surface area contributed by atoms with Gasteiger partial charge < -0.3 is 9.80 Å². The highest BCUT2D eigenvalue weighted by molar-refractivity contribution is 6.29. The van der Waals surface area contributed by atoms with Gasteiger partial charge in [-0.3, -0.25) is 4.79 Å². The van der Waals surface area contributed by atoms with Crippen LogP contribution < -0.4 is 4.90 Å². The molecule has 0 atom stereocenters. The second-order valence-corrected chi connectivity index (χ2v) is 7.16. The molecule has 1 saturated heterocycles. The van der Waals surface area contributed by atoms with Gasteiger partial charge in [0, 0.05) is 26.2 Å². The molecule has 1 aliphatic rings. The number of carbonyl (C=O) groups is 1. The number of piperazine rings is 1. The van der Waals surface area contributed by atoms with Crippen molar-refractivity contribution in [1.82, 2.24) is 15.1 Å². The minimum Gasteiger partial charge on any atom is -0.352 e. The summed E-state index contributed by atoms with van der Waals surface area (Å²) < 4.78 is 14.1. The number of aromatic nitrogens is 2. The molecular formula is C19H22ClFN4O. The molecule has 3 rings (SSSR count). The van der Waals surface area contributed by atoms with Crippen molar-refractivity contribution in [3.8, 4) is 0 Å². The van der Waals surface area contributed by atoms with Gasteiger partial charge in [0.1, 0.15) is 5.82 Å². The summed E-state index contributed by atoms with van der Waals surface area (Å²) in [5.41, 5.74) is 1.39. The molecule has 26 heavy (non-hydrogen) atoms. The summed E-state index contributed by atoms with van der Waals surface area (Å²) in [6.07, 6.45) is 0.218. The first-order chi connectivity index (χ1) is 12.4. The molecule has 1 aromatic heterocycles. The van der Waals surface area contributed by atoms with Crippen LogP contribution in [0.4, 0.5) is 10.2 Å². The molecule has 2 aromatic rings. The molecule has 1 amide bonds. The lowest BCUT2D eigenvalue weighted by molar-refractivity contribution is -0.130. The molecule has 0 spiro atoms. The van der Waals surface area contributed by atoms with Crippen LogP contribution in [0.2, 0.25) is 5.15 Å². The van der Waals surface area contributed by atoms with Crippen molar-refractivity contribution in [3.63, 3.8) is 0 Å². The van der Waals surface area contributed by atoms with Gasteiger partial charge in [0.15, 0.2) is 11.0 Å². The van der Waals surface area contributed by atoms with Gasteiger partial charge in [-0.1, -0.05) is 37.6 Å². The topological polar surface area (TPSA) is 49.3 Å². The monoisotopic (exact) mass is 376 g/mol. The fraction of sp³-hybridized carbons (Fsp3) is 0.421. The molecule has 1 fully saturated rings. The molecule has 0 radical (unpaired) electrons. The van der Waals surface area contributed by atoms with Gasteiger partial charge in [-0.25, -0.2) is 4.39 Å². The van der Waals surface area contributed by atoms with Crippen LogP contribution in [0, 0.1) is 5.82 Å². The first-order valence-corrected chi connectivity index (χ1v) is 9.12. The van der Waals surface area contributed by atoms with Crippen LogP contribution in [-0.4, -0.2) is 47.2 Å². The Morgan fingerprint density at radius 1 is 1.15 bits per heavy atom. The SMILES string of the molecule is CC(C)c1ccc(CC(=O)N2CCN(c3ccc(Cl)nn3)CC2)cc1F. The van der Waals surface area contributed by atoms with Crippen LogP contribution in [0.1, 0.15) is 30.9 Å². The Hall–Kier alpha value is -2.21. The zero-order valence-electron chi connectivity index (χ0n) is 15.0. The van der Waals surface area contributed by atoms with Crippen molar-refractivity contribution in [1.29, 1.82) is 0 Å². The Labute approximate surface area is 157 Å². The summed E-state index contributed by atoms with van der Waals surface area (Å²) in [7, 11) is 0. The summed E-state index contributed by atoms with van der Waals surface area (Å²) in [5.74, 6) is 0.664. The maximum Gasteiger partial charge on any atom is 0.227 e. The summed E-state index contributed by atoms with van der Waals surface area (Å²) in [6, 6.07) is 8.63. The minimum atomic E-state index is -0.239. The molecule has 5 nitrogen and oxygen atoms in total. The summed E-state index contributed by atoms with van der Waals surface area (Å²) >= 11 is 5.76. The van der Waals surface area contributed by atoms with Gasteiger partial charge >= 0.3 is 0 Å². The van der Waals surface area contributed by atoms with Gasteiger partial charge in [-0.2, -0.15) is 0 Å². The van der Waals surface area contributed by atoms with Crippen LogP contribution in [0.5, 0.6) is 0 Å². The van der Waals surface area contributed by atoms with Gasteiger partial charge in [-0.05, 0) is 35.2 Å². The highest BCUT2D eigenvalue weighted by atomic mass is 35.5. The summed E-state index contributed by atoms with van der Waals surface area (Å²) in [4.78, 5) is 16.4. The van der Waals surface area contributed by atoms with E-state index in [0.717, 1.165) is 5.82 Å². The van der Waals surface area contributed by atoms with Crippen molar-refractivity contribution < 1.29 is 9.18 Å². The van der Waals surface area contributed by atoms with Crippen molar-refractivity contribution in [2.45, 2.75) is 26.2 Å². The molecule has 0 bridgehead atoms. The van der Waals surface area contributed by atoms with E-state index >= 15 is 0 Å². The van der Waals surface area contributed by atoms with E-state index in [1.807, 2.05) is 30.9 Å². The number of carbonyl (C=O) groups excluding carboxylic acids is 1. The third-order valence-corrected chi connectivity index (χ3v) is 4.82. The van der Waals surface area contributed by atoms with Crippen molar-refractivity contribution in [2.75, 3.05) is 31.1 Å². The Kier molecular flexibility index (Phi) is 5.71. The molecule has 0 unspecified atom stereocenters. The number of halogens is 2. The fourth-order valence-electron chi connectivity index (χ4n) is 3.10. The lowest BCUT2D eigenvalue weighted by Gasteiger charge is -2.35. The number of hydrogen-bond acceptors (Lipinski definition) is 4. The zero-order chi connectivity index (χ0) is 18.7. The van der Waals surface area contributed by atoms with Crippen molar-refractivity contribution in [3.05, 3.63) is 52.4 Å². The number of hydrogen-bond donors (Lipinski definition) is 0. The standard InChI is InChI=1S/C19H22ClFN4O/c1-13(2)15-4-3-14(11-16(15)21)12-19(26)25-9-7-24(8-10-25)18-6-5-17(20)22-23-18/h3-6,11,13H,7-10,12H2,1-2H3. The summed E-state index contributed by atoms with van der Waals surface area (Å²) in [6.45, 7) is 6.48. The van der Waals surface area contributed by atoms with Crippen LogP contribution >= 0.6 is 11.6 Å².